The molecule has 1 amide bonds. The number of nitrogens with zero attached hydrogens (tertiary/aromatic N) is 1. The monoisotopic (exact) mass is 386 g/mol. The van der Waals surface area contributed by atoms with Crippen LogP contribution in [-0.4, -0.2) is 19.0 Å². The standard InChI is InChI=1S/C20H23BrN2O/c1-15-12-13-23(14-15)18-9-7-17(8-10-18)22-20(24)11-6-16-4-2-3-5-19(16)21/h2-5,7-10,15H,6,11-14H2,1H3,(H,22,24). The molecule has 0 aromatic heterocycles. The summed E-state index contributed by atoms with van der Waals surface area (Å²) < 4.78 is 1.06. The van der Waals surface area contributed by atoms with Crippen LogP contribution in [0.5, 0.6) is 0 Å². The molecule has 3 nitrogen and oxygen atoms in total. The number of anilines is 2. The van der Waals surface area contributed by atoms with Gasteiger partial charge in [0.2, 0.25) is 5.91 Å². The van der Waals surface area contributed by atoms with E-state index in [9.17, 15) is 4.79 Å². The molecule has 4 heteroatoms. The second kappa shape index (κ2) is 7.84. The lowest BCUT2D eigenvalue weighted by molar-refractivity contribution is -0.116. The average molecular weight is 387 g/mol. The summed E-state index contributed by atoms with van der Waals surface area (Å²) in [6.45, 7) is 4.54. The summed E-state index contributed by atoms with van der Waals surface area (Å²) >= 11 is 3.52. The Bertz CT molecular complexity index is 699. The topological polar surface area (TPSA) is 32.3 Å². The van der Waals surface area contributed by atoms with Crippen LogP contribution in [0.15, 0.2) is 53.0 Å². The Hall–Kier alpha value is -1.81. The van der Waals surface area contributed by atoms with Gasteiger partial charge in [0, 0.05) is 35.4 Å². The molecule has 0 bridgehead atoms. The first-order valence-electron chi connectivity index (χ1n) is 8.50. The molecule has 0 radical (unpaired) electrons. The predicted octanol–water partition coefficient (Wildman–Crippen LogP) is 4.87. The number of carbonyl (C=O) groups excluding carboxylic acids is 1. The third-order valence-corrected chi connectivity index (χ3v) is 5.29. The van der Waals surface area contributed by atoms with Crippen molar-refractivity contribution in [1.82, 2.24) is 0 Å². The van der Waals surface area contributed by atoms with Gasteiger partial charge >= 0.3 is 0 Å². The Labute approximate surface area is 152 Å². The number of nitrogens with one attached hydrogen (secondary N) is 1. The Morgan fingerprint density at radius 1 is 1.21 bits per heavy atom. The Morgan fingerprint density at radius 3 is 2.62 bits per heavy atom. The van der Waals surface area contributed by atoms with Gasteiger partial charge in [0.1, 0.15) is 0 Å². The molecule has 1 heterocycles. The molecule has 1 N–H and O–H groups in total. The highest BCUT2D eigenvalue weighted by molar-refractivity contribution is 9.10. The van der Waals surface area contributed by atoms with E-state index in [4.69, 9.17) is 0 Å². The summed E-state index contributed by atoms with van der Waals surface area (Å²) in [5.74, 6) is 0.815. The SMILES string of the molecule is CC1CCN(c2ccc(NC(=O)CCc3ccccc3Br)cc2)C1. The number of hydrogen-bond acceptors (Lipinski definition) is 2. The summed E-state index contributed by atoms with van der Waals surface area (Å²) in [6, 6.07) is 16.2. The van der Waals surface area contributed by atoms with Crippen molar-refractivity contribution in [3.63, 3.8) is 0 Å². The van der Waals surface area contributed by atoms with Gasteiger partial charge in [-0.2, -0.15) is 0 Å². The highest BCUT2D eigenvalue weighted by atomic mass is 79.9. The molecule has 1 atom stereocenters. The van der Waals surface area contributed by atoms with E-state index in [1.807, 2.05) is 36.4 Å². The minimum atomic E-state index is 0.0493. The van der Waals surface area contributed by atoms with E-state index in [2.05, 4.69) is 45.2 Å². The number of carbonyl (C=O) groups is 1. The summed E-state index contributed by atoms with van der Waals surface area (Å²) in [5.41, 5.74) is 3.26. The third kappa shape index (κ3) is 4.38. The minimum Gasteiger partial charge on any atom is -0.371 e. The van der Waals surface area contributed by atoms with Gasteiger partial charge in [-0.1, -0.05) is 41.1 Å². The number of hydrogen-bond donors (Lipinski definition) is 1. The molecular formula is C20H23BrN2O. The van der Waals surface area contributed by atoms with Crippen molar-refractivity contribution in [3.05, 3.63) is 58.6 Å². The zero-order valence-corrected chi connectivity index (χ0v) is 15.6. The Kier molecular flexibility index (Phi) is 5.56. The lowest BCUT2D eigenvalue weighted by atomic mass is 10.1. The normalized spacial score (nSPS) is 17.1. The zero-order valence-electron chi connectivity index (χ0n) is 14.0. The van der Waals surface area contributed by atoms with Crippen LogP contribution in [0.4, 0.5) is 11.4 Å². The minimum absolute atomic E-state index is 0.0493. The van der Waals surface area contributed by atoms with Crippen LogP contribution in [-0.2, 0) is 11.2 Å². The van der Waals surface area contributed by atoms with E-state index < -0.39 is 0 Å². The molecule has 1 unspecified atom stereocenters. The van der Waals surface area contributed by atoms with E-state index in [0.717, 1.165) is 41.2 Å². The lowest BCUT2D eigenvalue weighted by Crippen LogP contribution is -2.19. The summed E-state index contributed by atoms with van der Waals surface area (Å²) in [5, 5.41) is 2.99. The van der Waals surface area contributed by atoms with Gasteiger partial charge in [-0.05, 0) is 54.7 Å². The molecular weight excluding hydrogens is 364 g/mol. The number of aryl methyl sites for hydroxylation is 1. The highest BCUT2D eigenvalue weighted by Gasteiger charge is 2.18. The maximum absolute atomic E-state index is 12.1. The van der Waals surface area contributed by atoms with Crippen molar-refractivity contribution < 1.29 is 4.79 Å². The van der Waals surface area contributed by atoms with Crippen molar-refractivity contribution in [2.24, 2.45) is 5.92 Å². The van der Waals surface area contributed by atoms with E-state index in [1.54, 1.807) is 0 Å². The van der Waals surface area contributed by atoms with Crippen molar-refractivity contribution in [1.29, 1.82) is 0 Å². The zero-order chi connectivity index (χ0) is 16.9. The maximum Gasteiger partial charge on any atom is 0.224 e. The predicted molar refractivity (Wildman–Crippen MR) is 104 cm³/mol. The molecule has 0 spiro atoms. The number of halogens is 1. The fourth-order valence-corrected chi connectivity index (χ4v) is 3.58. The molecule has 1 aliphatic heterocycles. The number of benzene rings is 2. The van der Waals surface area contributed by atoms with Gasteiger partial charge in [0.25, 0.3) is 0 Å². The first kappa shape index (κ1) is 17.0. The number of amides is 1. The highest BCUT2D eigenvalue weighted by Crippen LogP contribution is 2.25. The van der Waals surface area contributed by atoms with Crippen LogP contribution in [0.3, 0.4) is 0 Å². The van der Waals surface area contributed by atoms with Crippen LogP contribution in [0, 0.1) is 5.92 Å². The molecule has 1 fully saturated rings. The molecule has 1 saturated heterocycles. The Morgan fingerprint density at radius 2 is 1.96 bits per heavy atom. The molecule has 0 saturated carbocycles. The van der Waals surface area contributed by atoms with Gasteiger partial charge in [-0.15, -0.1) is 0 Å². The molecule has 3 rings (SSSR count). The van der Waals surface area contributed by atoms with Gasteiger partial charge in [-0.3, -0.25) is 4.79 Å². The van der Waals surface area contributed by atoms with Gasteiger partial charge in [0.15, 0.2) is 0 Å². The molecule has 2 aromatic rings. The molecule has 24 heavy (non-hydrogen) atoms. The summed E-state index contributed by atoms with van der Waals surface area (Å²) in [7, 11) is 0. The van der Waals surface area contributed by atoms with E-state index in [-0.39, 0.29) is 5.91 Å². The first-order chi connectivity index (χ1) is 11.6. The van der Waals surface area contributed by atoms with Gasteiger partial charge in [0.05, 0.1) is 0 Å². The fourth-order valence-electron chi connectivity index (χ4n) is 3.10. The van der Waals surface area contributed by atoms with Gasteiger partial charge < -0.3 is 10.2 Å². The average Bonchev–Trinajstić information content (AvgIpc) is 3.01. The summed E-state index contributed by atoms with van der Waals surface area (Å²) in [4.78, 5) is 14.6. The lowest BCUT2D eigenvalue weighted by Gasteiger charge is -2.18. The second-order valence-corrected chi connectivity index (χ2v) is 7.38. The second-order valence-electron chi connectivity index (χ2n) is 6.53. The van der Waals surface area contributed by atoms with Crippen molar-refractivity contribution in [2.45, 2.75) is 26.2 Å². The Balaban J connectivity index is 1.52. The molecule has 126 valence electrons. The number of rotatable bonds is 5. The van der Waals surface area contributed by atoms with E-state index in [0.29, 0.717) is 6.42 Å². The first-order valence-corrected chi connectivity index (χ1v) is 9.29. The third-order valence-electron chi connectivity index (χ3n) is 4.52. The molecule has 2 aromatic carbocycles. The van der Waals surface area contributed by atoms with Crippen LogP contribution in [0.25, 0.3) is 0 Å². The maximum atomic E-state index is 12.1. The van der Waals surface area contributed by atoms with Crippen LogP contribution in [0.1, 0.15) is 25.3 Å². The molecule has 1 aliphatic rings. The van der Waals surface area contributed by atoms with E-state index in [1.165, 1.54) is 12.1 Å². The fraction of sp³-hybridized carbons (Fsp3) is 0.350. The summed E-state index contributed by atoms with van der Waals surface area (Å²) in [6.07, 6.45) is 2.47. The largest absolute Gasteiger partial charge is 0.371 e. The smallest absolute Gasteiger partial charge is 0.224 e. The van der Waals surface area contributed by atoms with Crippen LogP contribution >= 0.6 is 15.9 Å². The van der Waals surface area contributed by atoms with Gasteiger partial charge in [-0.25, -0.2) is 0 Å². The molecule has 0 aliphatic carbocycles. The van der Waals surface area contributed by atoms with Crippen molar-refractivity contribution in [3.8, 4) is 0 Å². The van der Waals surface area contributed by atoms with Crippen molar-refractivity contribution in [2.75, 3.05) is 23.3 Å². The van der Waals surface area contributed by atoms with Crippen molar-refractivity contribution >= 4 is 33.2 Å². The van der Waals surface area contributed by atoms with Crippen LogP contribution in [0.2, 0.25) is 0 Å². The quantitative estimate of drug-likeness (QED) is 0.794. The van der Waals surface area contributed by atoms with E-state index >= 15 is 0 Å². The van der Waals surface area contributed by atoms with Crippen LogP contribution < -0.4 is 10.2 Å².